The quantitative estimate of drug-likeness (QED) is 0.798. The molecule has 82 valence electrons. The Morgan fingerprint density at radius 3 is 2.73 bits per heavy atom. The van der Waals surface area contributed by atoms with Gasteiger partial charge in [-0.15, -0.1) is 0 Å². The normalized spacial score (nSPS) is 14.2. The van der Waals surface area contributed by atoms with Gasteiger partial charge in [0.05, 0.1) is 10.6 Å². The summed E-state index contributed by atoms with van der Waals surface area (Å²) in [6, 6.07) is 4.55. The van der Waals surface area contributed by atoms with Gasteiger partial charge in [0.1, 0.15) is 0 Å². The molecular formula is C9H11NO4S. The highest BCUT2D eigenvalue weighted by Crippen LogP contribution is 2.33. The molecule has 2 rings (SSSR count). The van der Waals surface area contributed by atoms with E-state index in [0.717, 1.165) is 0 Å². The van der Waals surface area contributed by atoms with Crippen molar-refractivity contribution in [3.63, 3.8) is 0 Å². The van der Waals surface area contributed by atoms with Gasteiger partial charge in [-0.2, -0.15) is 0 Å². The first-order valence-electron chi connectivity index (χ1n) is 4.46. The van der Waals surface area contributed by atoms with Crippen molar-refractivity contribution in [2.75, 3.05) is 19.1 Å². The molecular weight excluding hydrogens is 218 g/mol. The minimum absolute atomic E-state index is 0.0629. The minimum atomic E-state index is -3.29. The van der Waals surface area contributed by atoms with Gasteiger partial charge in [0, 0.05) is 12.6 Å². The van der Waals surface area contributed by atoms with Crippen molar-refractivity contribution in [1.82, 2.24) is 0 Å². The Hall–Kier alpha value is -1.27. The molecule has 1 aliphatic rings. The van der Waals surface area contributed by atoms with E-state index in [-0.39, 0.29) is 24.0 Å². The van der Waals surface area contributed by atoms with Crippen molar-refractivity contribution in [2.24, 2.45) is 5.73 Å². The van der Waals surface area contributed by atoms with E-state index < -0.39 is 9.84 Å². The molecule has 0 radical (unpaired) electrons. The van der Waals surface area contributed by atoms with Gasteiger partial charge >= 0.3 is 0 Å². The molecule has 1 aliphatic heterocycles. The number of ether oxygens (including phenoxy) is 2. The van der Waals surface area contributed by atoms with Crippen molar-refractivity contribution >= 4 is 9.84 Å². The molecule has 0 spiro atoms. The third-order valence-electron chi connectivity index (χ3n) is 2.09. The Kier molecular flexibility index (Phi) is 2.54. The topological polar surface area (TPSA) is 78.6 Å². The first kappa shape index (κ1) is 10.3. The third-order valence-corrected chi connectivity index (χ3v) is 3.84. The lowest BCUT2D eigenvalue weighted by Crippen LogP contribution is -2.15. The fourth-order valence-corrected chi connectivity index (χ4v) is 2.45. The zero-order valence-electron chi connectivity index (χ0n) is 7.97. The van der Waals surface area contributed by atoms with Crippen LogP contribution >= 0.6 is 0 Å². The maximum absolute atomic E-state index is 11.7. The third kappa shape index (κ3) is 1.91. The molecule has 0 aromatic heterocycles. The maximum Gasteiger partial charge on any atom is 0.231 e. The number of benzene rings is 1. The van der Waals surface area contributed by atoms with Crippen molar-refractivity contribution < 1.29 is 17.9 Å². The molecule has 0 unspecified atom stereocenters. The van der Waals surface area contributed by atoms with E-state index in [9.17, 15) is 8.42 Å². The van der Waals surface area contributed by atoms with E-state index in [0.29, 0.717) is 11.5 Å². The first-order valence-corrected chi connectivity index (χ1v) is 6.11. The van der Waals surface area contributed by atoms with Crippen LogP contribution in [0.1, 0.15) is 0 Å². The predicted octanol–water partition coefficient (Wildman–Crippen LogP) is 0.148. The summed E-state index contributed by atoms with van der Waals surface area (Å²) >= 11 is 0. The zero-order chi connectivity index (χ0) is 10.9. The van der Waals surface area contributed by atoms with E-state index in [4.69, 9.17) is 15.2 Å². The Morgan fingerprint density at radius 2 is 2.00 bits per heavy atom. The van der Waals surface area contributed by atoms with Crippen LogP contribution in [0.3, 0.4) is 0 Å². The highest BCUT2D eigenvalue weighted by Gasteiger charge is 2.19. The van der Waals surface area contributed by atoms with Gasteiger partial charge in [-0.25, -0.2) is 8.42 Å². The Bertz CT molecular complexity index is 469. The summed E-state index contributed by atoms with van der Waals surface area (Å²) in [5, 5.41) is 0. The van der Waals surface area contributed by atoms with Crippen LogP contribution < -0.4 is 15.2 Å². The van der Waals surface area contributed by atoms with Gasteiger partial charge in [0.25, 0.3) is 0 Å². The largest absolute Gasteiger partial charge is 0.454 e. The van der Waals surface area contributed by atoms with E-state index in [1.165, 1.54) is 12.1 Å². The lowest BCUT2D eigenvalue weighted by Gasteiger charge is -2.03. The van der Waals surface area contributed by atoms with Gasteiger partial charge in [-0.05, 0) is 12.1 Å². The molecule has 15 heavy (non-hydrogen) atoms. The number of nitrogens with two attached hydrogens (primary N) is 1. The Labute approximate surface area is 87.7 Å². The van der Waals surface area contributed by atoms with Crippen LogP contribution in [0.15, 0.2) is 23.1 Å². The second-order valence-electron chi connectivity index (χ2n) is 3.12. The van der Waals surface area contributed by atoms with Crippen molar-refractivity contribution in [1.29, 1.82) is 0 Å². The van der Waals surface area contributed by atoms with Crippen LogP contribution in [0.4, 0.5) is 0 Å². The molecule has 2 N–H and O–H groups in total. The second-order valence-corrected chi connectivity index (χ2v) is 5.23. The molecule has 0 atom stereocenters. The van der Waals surface area contributed by atoms with Gasteiger partial charge < -0.3 is 15.2 Å². The minimum Gasteiger partial charge on any atom is -0.454 e. The summed E-state index contributed by atoms with van der Waals surface area (Å²) in [6.07, 6.45) is 0. The van der Waals surface area contributed by atoms with Gasteiger partial charge in [0.2, 0.25) is 6.79 Å². The lowest BCUT2D eigenvalue weighted by atomic mass is 10.3. The molecule has 1 aromatic carbocycles. The number of sulfone groups is 1. The summed E-state index contributed by atoms with van der Waals surface area (Å²) in [4.78, 5) is 0.220. The first-order chi connectivity index (χ1) is 7.13. The molecule has 0 fully saturated rings. The number of rotatable bonds is 3. The second kappa shape index (κ2) is 3.71. The fraction of sp³-hybridized carbons (Fsp3) is 0.333. The van der Waals surface area contributed by atoms with Crippen molar-refractivity contribution in [3.8, 4) is 11.5 Å². The molecule has 0 saturated heterocycles. The van der Waals surface area contributed by atoms with Crippen LogP contribution in [0.5, 0.6) is 11.5 Å². The Balaban J connectivity index is 2.38. The summed E-state index contributed by atoms with van der Waals surface area (Å²) in [6.45, 7) is 0.243. The van der Waals surface area contributed by atoms with E-state index in [2.05, 4.69) is 0 Å². The molecule has 0 bridgehead atoms. The average Bonchev–Trinajstić information content (AvgIpc) is 2.63. The smallest absolute Gasteiger partial charge is 0.231 e. The number of fused-ring (bicyclic) bond motifs is 1. The highest BCUT2D eigenvalue weighted by molar-refractivity contribution is 7.91. The number of hydrogen-bond donors (Lipinski definition) is 1. The van der Waals surface area contributed by atoms with Crippen molar-refractivity contribution in [3.05, 3.63) is 18.2 Å². The van der Waals surface area contributed by atoms with Gasteiger partial charge in [0.15, 0.2) is 21.3 Å². The molecule has 0 amide bonds. The Morgan fingerprint density at radius 1 is 1.27 bits per heavy atom. The fourth-order valence-electron chi connectivity index (χ4n) is 1.34. The summed E-state index contributed by atoms with van der Waals surface area (Å²) in [5.74, 6) is 0.974. The predicted molar refractivity (Wildman–Crippen MR) is 53.7 cm³/mol. The van der Waals surface area contributed by atoms with Crippen LogP contribution in [0.25, 0.3) is 0 Å². The number of hydrogen-bond acceptors (Lipinski definition) is 5. The van der Waals surface area contributed by atoms with Crippen molar-refractivity contribution in [2.45, 2.75) is 4.90 Å². The van der Waals surface area contributed by atoms with Gasteiger partial charge in [-0.1, -0.05) is 0 Å². The molecule has 0 saturated carbocycles. The summed E-state index contributed by atoms with van der Waals surface area (Å²) in [5.41, 5.74) is 5.23. The maximum atomic E-state index is 11.7. The van der Waals surface area contributed by atoms with Gasteiger partial charge in [-0.3, -0.25) is 0 Å². The average molecular weight is 229 g/mol. The van der Waals surface area contributed by atoms with Crippen LogP contribution in [0, 0.1) is 0 Å². The van der Waals surface area contributed by atoms with Crippen LogP contribution in [0.2, 0.25) is 0 Å². The molecule has 1 aromatic rings. The highest BCUT2D eigenvalue weighted by atomic mass is 32.2. The monoisotopic (exact) mass is 229 g/mol. The summed E-state index contributed by atoms with van der Waals surface area (Å²) < 4.78 is 33.5. The summed E-state index contributed by atoms with van der Waals surface area (Å²) in [7, 11) is -3.29. The SMILES string of the molecule is NCCS(=O)(=O)c1ccc2c(c1)OCO2. The molecule has 0 aliphatic carbocycles. The van der Waals surface area contributed by atoms with E-state index in [1.807, 2.05) is 0 Å². The standard InChI is InChI=1S/C9H11NO4S/c10-3-4-15(11,12)7-1-2-8-9(5-7)14-6-13-8/h1-2,5H,3-4,6,10H2. The molecule has 5 nitrogen and oxygen atoms in total. The van der Waals surface area contributed by atoms with E-state index >= 15 is 0 Å². The zero-order valence-corrected chi connectivity index (χ0v) is 8.79. The molecule has 1 heterocycles. The van der Waals surface area contributed by atoms with Crippen LogP contribution in [-0.4, -0.2) is 27.5 Å². The molecule has 6 heteroatoms. The van der Waals surface area contributed by atoms with Crippen LogP contribution in [-0.2, 0) is 9.84 Å². The van der Waals surface area contributed by atoms with E-state index in [1.54, 1.807) is 6.07 Å². The lowest BCUT2D eigenvalue weighted by molar-refractivity contribution is 0.174.